The van der Waals surface area contributed by atoms with Gasteiger partial charge in [-0.2, -0.15) is 0 Å². The van der Waals surface area contributed by atoms with E-state index >= 15 is 0 Å². The third-order valence-electron chi connectivity index (χ3n) is 2.41. The van der Waals surface area contributed by atoms with Crippen molar-refractivity contribution in [1.82, 2.24) is 0 Å². The maximum Gasteiger partial charge on any atom is 1.00 e. The summed E-state index contributed by atoms with van der Waals surface area (Å²) in [5.41, 5.74) is -1.35. The van der Waals surface area contributed by atoms with Crippen molar-refractivity contribution < 1.29 is 44.3 Å². The van der Waals surface area contributed by atoms with Crippen LogP contribution in [0.1, 0.15) is 5.56 Å². The van der Waals surface area contributed by atoms with E-state index in [9.17, 15) is 14.7 Å². The first-order chi connectivity index (χ1) is 8.65. The molecule has 0 spiro atoms. The number of carbonyl (C=O) groups excluding carboxylic acids is 2. The Labute approximate surface area is 131 Å². The fourth-order valence-electron chi connectivity index (χ4n) is 1.40. The van der Waals surface area contributed by atoms with E-state index in [2.05, 4.69) is 15.4 Å². The molecule has 0 aliphatic carbocycles. The second-order valence-electron chi connectivity index (χ2n) is 3.60. The monoisotopic (exact) mass is 265 g/mol. The molecule has 0 N–H and O–H groups in total. The van der Waals surface area contributed by atoms with E-state index in [1.165, 1.54) is 6.08 Å². The molecular formula is C12H8N3NaO3. The molecule has 2 rings (SSSR count). The normalized spacial score (nSPS) is 20.4. The zero-order valence-corrected chi connectivity index (χ0v) is 12.2. The summed E-state index contributed by atoms with van der Waals surface area (Å²) in [5.74, 6) is -2.40. The summed E-state index contributed by atoms with van der Waals surface area (Å²) in [6.45, 7) is 0. The van der Waals surface area contributed by atoms with E-state index in [-0.39, 0.29) is 29.6 Å². The van der Waals surface area contributed by atoms with Crippen LogP contribution in [0.4, 0.5) is 0 Å². The predicted octanol–water partition coefficient (Wildman–Crippen LogP) is -2.79. The minimum atomic E-state index is -2.12. The van der Waals surface area contributed by atoms with Gasteiger partial charge in [0.1, 0.15) is 0 Å². The van der Waals surface area contributed by atoms with Gasteiger partial charge >= 0.3 is 29.6 Å². The number of ketones is 1. The van der Waals surface area contributed by atoms with Crippen molar-refractivity contribution in [1.29, 1.82) is 0 Å². The Bertz CT molecular complexity index is 555. The van der Waals surface area contributed by atoms with Crippen LogP contribution in [0.3, 0.4) is 0 Å². The zero-order valence-electron chi connectivity index (χ0n) is 10.2. The molecule has 0 saturated heterocycles. The molecule has 90 valence electrons. The van der Waals surface area contributed by atoms with Gasteiger partial charge in [0.25, 0.3) is 0 Å². The van der Waals surface area contributed by atoms with Crippen LogP contribution in [0.2, 0.25) is 0 Å². The summed E-state index contributed by atoms with van der Waals surface area (Å²) in [5, 5.41) is 20.7. The van der Waals surface area contributed by atoms with Crippen molar-refractivity contribution >= 4 is 24.0 Å². The molecule has 7 heteroatoms. The number of carboxylic acids is 1. The van der Waals surface area contributed by atoms with Crippen LogP contribution in [-0.2, 0) is 9.59 Å². The quantitative estimate of drug-likeness (QED) is 0.334. The van der Waals surface area contributed by atoms with Crippen LogP contribution in [-0.4, -0.2) is 23.5 Å². The van der Waals surface area contributed by atoms with Crippen LogP contribution in [0, 0.1) is 0 Å². The Kier molecular flexibility index (Phi) is 5.29. The van der Waals surface area contributed by atoms with Gasteiger partial charge in [0.2, 0.25) is 5.54 Å². The maximum atomic E-state index is 11.8. The fourth-order valence-corrected chi connectivity index (χ4v) is 1.40. The van der Waals surface area contributed by atoms with Gasteiger partial charge in [0, 0.05) is 0 Å². The molecule has 0 aromatic heterocycles. The van der Waals surface area contributed by atoms with E-state index in [0.29, 0.717) is 0 Å². The van der Waals surface area contributed by atoms with Crippen molar-refractivity contribution in [2.75, 3.05) is 0 Å². The Morgan fingerprint density at radius 1 is 1.21 bits per heavy atom. The van der Waals surface area contributed by atoms with Gasteiger partial charge in [-0.1, -0.05) is 36.4 Å². The molecule has 19 heavy (non-hydrogen) atoms. The van der Waals surface area contributed by atoms with Crippen molar-refractivity contribution in [3.05, 3.63) is 42.0 Å². The number of hydrogen-bond donors (Lipinski definition) is 0. The summed E-state index contributed by atoms with van der Waals surface area (Å²) in [4.78, 5) is 22.8. The number of carboxylic acid groups (broad SMARTS) is 1. The van der Waals surface area contributed by atoms with Gasteiger partial charge in [-0.05, 0) is 16.9 Å². The summed E-state index contributed by atoms with van der Waals surface area (Å²) in [6.07, 6.45) is 3.48. The van der Waals surface area contributed by atoms with E-state index in [1.54, 1.807) is 24.3 Å². The molecule has 1 unspecified atom stereocenters. The van der Waals surface area contributed by atoms with Gasteiger partial charge in [0.05, 0.1) is 12.2 Å². The Balaban J connectivity index is 0.00000180. The Morgan fingerprint density at radius 3 is 2.42 bits per heavy atom. The predicted molar refractivity (Wildman–Crippen MR) is 61.6 cm³/mol. The minimum Gasteiger partial charge on any atom is -0.546 e. The molecule has 1 aliphatic rings. The SMILES string of the molecule is O=C([O-])C1(C(=O)C=Cc2ccccc2)C=NN=N1.[Na+]. The van der Waals surface area contributed by atoms with Gasteiger partial charge < -0.3 is 9.90 Å². The number of hydrogen-bond acceptors (Lipinski definition) is 6. The van der Waals surface area contributed by atoms with Crippen molar-refractivity contribution in [3.63, 3.8) is 0 Å². The van der Waals surface area contributed by atoms with Crippen LogP contribution in [0.15, 0.2) is 51.8 Å². The number of nitrogens with zero attached hydrogens (tertiary/aromatic N) is 3. The van der Waals surface area contributed by atoms with Crippen molar-refractivity contribution in [3.8, 4) is 0 Å². The minimum absolute atomic E-state index is 0. The van der Waals surface area contributed by atoms with Gasteiger partial charge in [-0.25, -0.2) is 0 Å². The molecule has 1 atom stereocenters. The molecule has 0 fully saturated rings. The molecule has 1 heterocycles. The standard InChI is InChI=1S/C12H9N3O3.Na/c16-10(7-6-9-4-2-1-3-5-9)12(11(17)18)8-13-15-14-12;/h1-8H,(H,17,18);/q;+1/p-1. The van der Waals surface area contributed by atoms with E-state index < -0.39 is 17.3 Å². The molecule has 6 nitrogen and oxygen atoms in total. The fraction of sp³-hybridized carbons (Fsp3) is 0.0833. The molecule has 0 saturated carbocycles. The Hall–Kier alpha value is -1.63. The largest absolute Gasteiger partial charge is 1.00 e. The molecule has 0 radical (unpaired) electrons. The topological polar surface area (TPSA) is 94.3 Å². The van der Waals surface area contributed by atoms with Gasteiger partial charge in [0.15, 0.2) is 5.78 Å². The molecule has 1 aromatic rings. The first-order valence-corrected chi connectivity index (χ1v) is 5.10. The van der Waals surface area contributed by atoms with Crippen molar-refractivity contribution in [2.24, 2.45) is 15.4 Å². The van der Waals surface area contributed by atoms with Gasteiger partial charge in [-0.15, -0.1) is 10.2 Å². The average Bonchev–Trinajstić information content (AvgIpc) is 2.88. The van der Waals surface area contributed by atoms with Crippen LogP contribution < -0.4 is 34.7 Å². The Morgan fingerprint density at radius 2 is 1.89 bits per heavy atom. The second kappa shape index (κ2) is 6.51. The number of carbonyl (C=O) groups is 2. The number of rotatable bonds is 4. The van der Waals surface area contributed by atoms with Crippen LogP contribution in [0.5, 0.6) is 0 Å². The molecule has 0 amide bonds. The zero-order chi connectivity index (χ0) is 13.0. The third kappa shape index (κ3) is 3.23. The third-order valence-corrected chi connectivity index (χ3v) is 2.41. The number of aliphatic carboxylic acids is 1. The van der Waals surface area contributed by atoms with Crippen LogP contribution >= 0.6 is 0 Å². The summed E-state index contributed by atoms with van der Waals surface area (Å²) in [7, 11) is 0. The smallest absolute Gasteiger partial charge is 0.546 e. The van der Waals surface area contributed by atoms with Gasteiger partial charge in [-0.3, -0.25) is 4.79 Å². The first-order valence-electron chi connectivity index (χ1n) is 5.10. The molecule has 1 aliphatic heterocycles. The maximum absolute atomic E-state index is 11.8. The van der Waals surface area contributed by atoms with Crippen LogP contribution in [0.25, 0.3) is 6.08 Å². The second-order valence-corrected chi connectivity index (χ2v) is 3.60. The summed E-state index contributed by atoms with van der Waals surface area (Å²) >= 11 is 0. The van der Waals surface area contributed by atoms with E-state index in [0.717, 1.165) is 17.9 Å². The van der Waals surface area contributed by atoms with E-state index in [4.69, 9.17) is 0 Å². The van der Waals surface area contributed by atoms with E-state index in [1.807, 2.05) is 6.07 Å². The summed E-state index contributed by atoms with van der Waals surface area (Å²) < 4.78 is 0. The average molecular weight is 265 g/mol. The molecular weight excluding hydrogens is 257 g/mol. The first kappa shape index (κ1) is 15.4. The molecule has 0 bridgehead atoms. The van der Waals surface area contributed by atoms with Crippen molar-refractivity contribution in [2.45, 2.75) is 5.54 Å². The summed E-state index contributed by atoms with van der Waals surface area (Å²) in [6, 6.07) is 8.99. The molecule has 1 aromatic carbocycles. The number of benzene rings is 1.